The Morgan fingerprint density at radius 2 is 1.68 bits per heavy atom. The summed E-state index contributed by atoms with van der Waals surface area (Å²) in [6.45, 7) is 3.17. The van der Waals surface area contributed by atoms with E-state index < -0.39 is 10.0 Å². The van der Waals surface area contributed by atoms with E-state index >= 15 is 0 Å². The maximum Gasteiger partial charge on any atom is 0.243 e. The summed E-state index contributed by atoms with van der Waals surface area (Å²) in [5.74, 6) is 0.467. The topological polar surface area (TPSA) is 75.7 Å². The number of benzene rings is 3. The van der Waals surface area contributed by atoms with E-state index in [1.54, 1.807) is 12.1 Å². The van der Waals surface area contributed by atoms with E-state index in [0.29, 0.717) is 43.1 Å². The lowest BCUT2D eigenvalue weighted by atomic mass is 9.97. The molecule has 0 unspecified atom stereocenters. The van der Waals surface area contributed by atoms with Gasteiger partial charge in [-0.3, -0.25) is 4.79 Å². The van der Waals surface area contributed by atoms with Gasteiger partial charge in [0.15, 0.2) is 0 Å². The third kappa shape index (κ3) is 4.73. The van der Waals surface area contributed by atoms with Crippen LogP contribution in [0.5, 0.6) is 5.75 Å². The number of ether oxygens (including phenoxy) is 1. The second-order valence-electron chi connectivity index (χ2n) is 7.63. The first-order valence-electron chi connectivity index (χ1n) is 10.5. The van der Waals surface area contributed by atoms with Crippen molar-refractivity contribution in [3.63, 3.8) is 0 Å². The lowest BCUT2D eigenvalue weighted by Crippen LogP contribution is -2.41. The van der Waals surface area contributed by atoms with Gasteiger partial charge in [0.1, 0.15) is 5.75 Å². The molecule has 0 spiro atoms. The molecule has 162 valence electrons. The van der Waals surface area contributed by atoms with Gasteiger partial charge >= 0.3 is 0 Å². The van der Waals surface area contributed by atoms with E-state index in [1.807, 2.05) is 61.5 Å². The fourth-order valence-corrected chi connectivity index (χ4v) is 5.39. The summed E-state index contributed by atoms with van der Waals surface area (Å²) in [6, 6.07) is 20.1. The van der Waals surface area contributed by atoms with Gasteiger partial charge in [0.2, 0.25) is 15.9 Å². The van der Waals surface area contributed by atoms with Crippen molar-refractivity contribution in [2.45, 2.75) is 24.7 Å². The Morgan fingerprint density at radius 3 is 2.35 bits per heavy atom. The van der Waals surface area contributed by atoms with E-state index in [2.05, 4.69) is 5.32 Å². The predicted octanol–water partition coefficient (Wildman–Crippen LogP) is 4.28. The highest BCUT2D eigenvalue weighted by molar-refractivity contribution is 7.89. The molecule has 6 nitrogen and oxygen atoms in total. The highest BCUT2D eigenvalue weighted by Crippen LogP contribution is 2.27. The number of carbonyl (C=O) groups is 1. The highest BCUT2D eigenvalue weighted by Gasteiger charge is 2.32. The van der Waals surface area contributed by atoms with Crippen LogP contribution in [0.1, 0.15) is 19.8 Å². The number of amides is 1. The van der Waals surface area contributed by atoms with E-state index in [9.17, 15) is 13.2 Å². The Balaban J connectivity index is 1.38. The SMILES string of the molecule is CCOc1ccc(NC(=O)C2CCN(S(=O)(=O)c3ccc4ccccc4c3)CC2)cc1. The number of hydrogen-bond acceptors (Lipinski definition) is 4. The molecule has 31 heavy (non-hydrogen) atoms. The van der Waals surface area contributed by atoms with Gasteiger partial charge < -0.3 is 10.1 Å². The number of fused-ring (bicyclic) bond motifs is 1. The molecule has 0 saturated carbocycles. The zero-order valence-corrected chi connectivity index (χ0v) is 18.3. The quantitative estimate of drug-likeness (QED) is 0.623. The van der Waals surface area contributed by atoms with Gasteiger partial charge in [-0.25, -0.2) is 8.42 Å². The van der Waals surface area contributed by atoms with Gasteiger partial charge in [-0.05, 0) is 66.9 Å². The molecule has 1 fully saturated rings. The normalized spacial score (nSPS) is 15.6. The Bertz CT molecular complexity index is 1170. The van der Waals surface area contributed by atoms with E-state index in [0.717, 1.165) is 16.5 Å². The first-order valence-corrected chi connectivity index (χ1v) is 11.9. The molecule has 1 saturated heterocycles. The minimum atomic E-state index is -3.58. The van der Waals surface area contributed by atoms with Crippen LogP contribution in [0.25, 0.3) is 10.8 Å². The number of nitrogens with zero attached hydrogens (tertiary/aromatic N) is 1. The average Bonchev–Trinajstić information content (AvgIpc) is 2.80. The van der Waals surface area contributed by atoms with Crippen molar-refractivity contribution < 1.29 is 17.9 Å². The third-order valence-corrected chi connectivity index (χ3v) is 7.51. The molecule has 0 atom stereocenters. The van der Waals surface area contributed by atoms with Crippen LogP contribution >= 0.6 is 0 Å². The number of nitrogens with one attached hydrogen (secondary N) is 1. The molecule has 1 heterocycles. The van der Waals surface area contributed by atoms with Crippen molar-refractivity contribution in [2.24, 2.45) is 5.92 Å². The maximum atomic E-state index is 13.1. The van der Waals surface area contributed by atoms with Gasteiger partial charge in [0, 0.05) is 24.7 Å². The van der Waals surface area contributed by atoms with Crippen LogP contribution in [-0.4, -0.2) is 38.3 Å². The second-order valence-corrected chi connectivity index (χ2v) is 9.57. The molecule has 4 rings (SSSR count). The van der Waals surface area contributed by atoms with Crippen molar-refractivity contribution >= 4 is 32.4 Å². The van der Waals surface area contributed by atoms with Crippen LogP contribution in [0, 0.1) is 5.92 Å². The lowest BCUT2D eigenvalue weighted by molar-refractivity contribution is -0.120. The summed E-state index contributed by atoms with van der Waals surface area (Å²) in [4.78, 5) is 12.9. The lowest BCUT2D eigenvalue weighted by Gasteiger charge is -2.30. The van der Waals surface area contributed by atoms with Crippen molar-refractivity contribution in [3.05, 3.63) is 66.7 Å². The van der Waals surface area contributed by atoms with Crippen LogP contribution < -0.4 is 10.1 Å². The predicted molar refractivity (Wildman–Crippen MR) is 122 cm³/mol. The largest absolute Gasteiger partial charge is 0.494 e. The Kier molecular flexibility index (Phi) is 6.25. The summed E-state index contributed by atoms with van der Waals surface area (Å²) in [7, 11) is -3.58. The van der Waals surface area contributed by atoms with Crippen LogP contribution in [0.4, 0.5) is 5.69 Å². The number of sulfonamides is 1. The minimum absolute atomic E-state index is 0.0769. The standard InChI is InChI=1S/C24H26N2O4S/c1-2-30-22-10-8-21(9-11-22)25-24(27)19-13-15-26(16-14-19)31(28,29)23-12-7-18-5-3-4-6-20(18)17-23/h3-12,17,19H,2,13-16H2,1H3,(H,25,27). The molecule has 3 aromatic rings. The van der Waals surface area contributed by atoms with Crippen LogP contribution in [0.2, 0.25) is 0 Å². The number of anilines is 1. The monoisotopic (exact) mass is 438 g/mol. The molecular formula is C24H26N2O4S. The first-order chi connectivity index (χ1) is 15.0. The number of piperidine rings is 1. The molecule has 0 bridgehead atoms. The molecule has 1 aliphatic heterocycles. The summed E-state index contributed by atoms with van der Waals surface area (Å²) < 4.78 is 33.1. The van der Waals surface area contributed by atoms with E-state index in [4.69, 9.17) is 4.74 Å². The van der Waals surface area contributed by atoms with Gasteiger partial charge in [-0.2, -0.15) is 4.31 Å². The molecule has 1 N–H and O–H groups in total. The smallest absolute Gasteiger partial charge is 0.243 e. The molecule has 7 heteroatoms. The second kappa shape index (κ2) is 9.08. The first kappa shape index (κ1) is 21.3. The van der Waals surface area contributed by atoms with Crippen molar-refractivity contribution in [1.29, 1.82) is 0 Å². The van der Waals surface area contributed by atoms with Crippen molar-refractivity contribution in [3.8, 4) is 5.75 Å². The highest BCUT2D eigenvalue weighted by atomic mass is 32.2. The van der Waals surface area contributed by atoms with Crippen molar-refractivity contribution in [2.75, 3.05) is 25.0 Å². The number of hydrogen-bond donors (Lipinski definition) is 1. The fraction of sp³-hybridized carbons (Fsp3) is 0.292. The van der Waals surface area contributed by atoms with Gasteiger partial charge in [-0.15, -0.1) is 0 Å². The van der Waals surface area contributed by atoms with Gasteiger partial charge in [0.05, 0.1) is 11.5 Å². The molecule has 3 aromatic carbocycles. The van der Waals surface area contributed by atoms with Gasteiger partial charge in [-0.1, -0.05) is 30.3 Å². The maximum absolute atomic E-state index is 13.1. The number of rotatable bonds is 6. The number of carbonyl (C=O) groups excluding carboxylic acids is 1. The summed E-state index contributed by atoms with van der Waals surface area (Å²) in [6.07, 6.45) is 0.991. The van der Waals surface area contributed by atoms with Crippen LogP contribution in [-0.2, 0) is 14.8 Å². The fourth-order valence-electron chi connectivity index (χ4n) is 3.88. The third-order valence-electron chi connectivity index (χ3n) is 5.62. The van der Waals surface area contributed by atoms with Crippen LogP contribution in [0.3, 0.4) is 0 Å². The van der Waals surface area contributed by atoms with E-state index in [1.165, 1.54) is 4.31 Å². The van der Waals surface area contributed by atoms with E-state index in [-0.39, 0.29) is 11.8 Å². The zero-order chi connectivity index (χ0) is 21.8. The Labute approximate surface area is 182 Å². The minimum Gasteiger partial charge on any atom is -0.494 e. The molecule has 0 aliphatic carbocycles. The average molecular weight is 439 g/mol. The summed E-state index contributed by atoms with van der Waals surface area (Å²) >= 11 is 0. The summed E-state index contributed by atoms with van der Waals surface area (Å²) in [5.41, 5.74) is 0.708. The molecule has 1 amide bonds. The molecule has 1 aliphatic rings. The molecular weight excluding hydrogens is 412 g/mol. The summed E-state index contributed by atoms with van der Waals surface area (Å²) in [5, 5.41) is 4.83. The molecule has 0 radical (unpaired) electrons. The van der Waals surface area contributed by atoms with Crippen LogP contribution in [0.15, 0.2) is 71.6 Å². The Hall–Kier alpha value is -2.90. The van der Waals surface area contributed by atoms with Crippen molar-refractivity contribution in [1.82, 2.24) is 4.31 Å². The van der Waals surface area contributed by atoms with Gasteiger partial charge in [0.25, 0.3) is 0 Å². The zero-order valence-electron chi connectivity index (χ0n) is 17.5. The molecule has 0 aromatic heterocycles. The Morgan fingerprint density at radius 1 is 1.00 bits per heavy atom.